The summed E-state index contributed by atoms with van der Waals surface area (Å²) in [5.74, 6) is -1.24. The number of hydrogen-bond donors (Lipinski definition) is 0. The number of Topliss-reactive ketones (excluding diaryl/α,β-unsaturated/α-hetero) is 1. The fourth-order valence-corrected chi connectivity index (χ4v) is 1.19. The number of hydrogen-bond acceptors (Lipinski definition) is 2. The van der Waals surface area contributed by atoms with Crippen LogP contribution in [0.1, 0.15) is 41.5 Å². The van der Waals surface area contributed by atoms with Crippen molar-refractivity contribution in [1.82, 2.24) is 0 Å². The van der Waals surface area contributed by atoms with E-state index in [1.807, 2.05) is 20.8 Å². The molecule has 0 unspecified atom stereocenters. The van der Waals surface area contributed by atoms with E-state index in [9.17, 15) is 14.7 Å². The maximum atomic E-state index is 11.8. The minimum absolute atomic E-state index is 0.00704. The first-order valence-corrected chi connectivity index (χ1v) is 4.68. The van der Waals surface area contributed by atoms with Crippen molar-refractivity contribution in [2.75, 3.05) is 0 Å². The van der Waals surface area contributed by atoms with E-state index in [1.165, 1.54) is 24.3 Å². The van der Waals surface area contributed by atoms with Crippen molar-refractivity contribution in [3.63, 3.8) is 0 Å². The van der Waals surface area contributed by atoms with Gasteiger partial charge in [0.15, 0.2) is 5.78 Å². The summed E-state index contributed by atoms with van der Waals surface area (Å²) in [7, 11) is 0. The Morgan fingerprint density at radius 2 is 1.33 bits per heavy atom. The molecule has 0 saturated carbocycles. The molecule has 79 valence electrons. The van der Waals surface area contributed by atoms with E-state index in [-0.39, 0.29) is 11.3 Å². The molecule has 0 bridgehead atoms. The van der Waals surface area contributed by atoms with Gasteiger partial charge < -0.3 is 0 Å². The molecule has 0 aromatic heterocycles. The SMILES string of the molecule is CC(C)(C)C(=O)c1ccc(C([O])=O)cc1. The smallest absolute Gasteiger partial charge is 0.294 e. The second-order valence-corrected chi connectivity index (χ2v) is 4.44. The lowest BCUT2D eigenvalue weighted by Gasteiger charge is -2.16. The maximum Gasteiger partial charge on any atom is 0.386 e. The first-order valence-electron chi connectivity index (χ1n) is 4.68. The molecule has 0 saturated heterocycles. The molecule has 0 atom stereocenters. The first-order chi connectivity index (χ1) is 6.82. The second kappa shape index (κ2) is 3.85. The van der Waals surface area contributed by atoms with Crippen molar-refractivity contribution in [3.8, 4) is 0 Å². The van der Waals surface area contributed by atoms with Gasteiger partial charge in [-0.3, -0.25) is 4.79 Å². The van der Waals surface area contributed by atoms with Crippen LogP contribution in [0.4, 0.5) is 0 Å². The molecule has 0 N–H and O–H groups in total. The molecule has 0 fully saturated rings. The third kappa shape index (κ3) is 2.65. The molecule has 1 radical (unpaired) electrons. The van der Waals surface area contributed by atoms with Crippen LogP contribution in [0, 0.1) is 5.41 Å². The highest BCUT2D eigenvalue weighted by atomic mass is 16.4. The third-order valence-electron chi connectivity index (χ3n) is 2.06. The Bertz CT molecular complexity index is 382. The van der Waals surface area contributed by atoms with Crippen LogP contribution in [0.2, 0.25) is 0 Å². The quantitative estimate of drug-likeness (QED) is 0.696. The average Bonchev–Trinajstić information content (AvgIpc) is 2.15. The van der Waals surface area contributed by atoms with Gasteiger partial charge in [-0.1, -0.05) is 32.9 Å². The number of ketones is 1. The Kier molecular flexibility index (Phi) is 2.93. The van der Waals surface area contributed by atoms with Gasteiger partial charge in [0.1, 0.15) is 0 Å². The van der Waals surface area contributed by atoms with Crippen LogP contribution in [-0.2, 0) is 5.11 Å². The largest absolute Gasteiger partial charge is 0.386 e. The van der Waals surface area contributed by atoms with Crippen LogP contribution < -0.4 is 0 Å². The highest BCUT2D eigenvalue weighted by Crippen LogP contribution is 2.20. The Morgan fingerprint density at radius 1 is 0.933 bits per heavy atom. The zero-order valence-corrected chi connectivity index (χ0v) is 9.03. The standard InChI is InChI=1S/C12H13O3/c1-12(2,3)10(13)8-4-6-9(7-5-8)11(14)15/h4-7H,1-3H3. The Balaban J connectivity index is 3.00. The van der Waals surface area contributed by atoms with Gasteiger partial charge in [-0.15, -0.1) is 0 Å². The Labute approximate surface area is 88.7 Å². The summed E-state index contributed by atoms with van der Waals surface area (Å²) in [5, 5.41) is 10.5. The van der Waals surface area contributed by atoms with Crippen LogP contribution >= 0.6 is 0 Å². The highest BCUT2D eigenvalue weighted by Gasteiger charge is 2.22. The summed E-state index contributed by atoms with van der Waals surface area (Å²) in [4.78, 5) is 22.3. The third-order valence-corrected chi connectivity index (χ3v) is 2.06. The van der Waals surface area contributed by atoms with Crippen molar-refractivity contribution in [3.05, 3.63) is 35.4 Å². The molecular formula is C12H13O3. The van der Waals surface area contributed by atoms with Crippen LogP contribution in [-0.4, -0.2) is 11.8 Å². The van der Waals surface area contributed by atoms with Gasteiger partial charge >= 0.3 is 5.97 Å². The normalized spacial score (nSPS) is 11.1. The zero-order valence-electron chi connectivity index (χ0n) is 9.03. The molecule has 0 spiro atoms. The average molecular weight is 205 g/mol. The lowest BCUT2D eigenvalue weighted by Crippen LogP contribution is -2.20. The van der Waals surface area contributed by atoms with E-state index in [1.54, 1.807) is 0 Å². The van der Waals surface area contributed by atoms with Gasteiger partial charge in [0.25, 0.3) is 0 Å². The summed E-state index contributed by atoms with van der Waals surface area (Å²) in [5.41, 5.74) is 0.149. The topological polar surface area (TPSA) is 54.0 Å². The number of carbonyl (C=O) groups excluding carboxylic acids is 2. The van der Waals surface area contributed by atoms with E-state index < -0.39 is 11.4 Å². The van der Waals surface area contributed by atoms with Gasteiger partial charge in [0.05, 0.1) is 5.56 Å². The molecule has 0 aliphatic heterocycles. The fraction of sp³-hybridized carbons (Fsp3) is 0.333. The fourth-order valence-electron chi connectivity index (χ4n) is 1.19. The molecule has 0 heterocycles. The second-order valence-electron chi connectivity index (χ2n) is 4.44. The zero-order chi connectivity index (χ0) is 11.6. The molecular weight excluding hydrogens is 192 g/mol. The van der Waals surface area contributed by atoms with Crippen molar-refractivity contribution in [1.29, 1.82) is 0 Å². The monoisotopic (exact) mass is 205 g/mol. The molecule has 1 rings (SSSR count). The summed E-state index contributed by atoms with van der Waals surface area (Å²) in [6.45, 7) is 5.46. The van der Waals surface area contributed by atoms with E-state index in [2.05, 4.69) is 0 Å². The van der Waals surface area contributed by atoms with E-state index in [0.29, 0.717) is 5.56 Å². The summed E-state index contributed by atoms with van der Waals surface area (Å²) < 4.78 is 0. The molecule has 1 aromatic rings. The van der Waals surface area contributed by atoms with E-state index in [4.69, 9.17) is 0 Å². The summed E-state index contributed by atoms with van der Waals surface area (Å²) >= 11 is 0. The minimum atomic E-state index is -1.23. The first kappa shape index (κ1) is 11.4. The molecule has 15 heavy (non-hydrogen) atoms. The number of benzene rings is 1. The van der Waals surface area contributed by atoms with Crippen molar-refractivity contribution in [2.45, 2.75) is 20.8 Å². The van der Waals surface area contributed by atoms with Crippen LogP contribution in [0.3, 0.4) is 0 Å². The van der Waals surface area contributed by atoms with Crippen LogP contribution in [0.15, 0.2) is 24.3 Å². The van der Waals surface area contributed by atoms with Gasteiger partial charge in [-0.2, -0.15) is 0 Å². The molecule has 3 heteroatoms. The van der Waals surface area contributed by atoms with Crippen molar-refractivity contribution >= 4 is 11.8 Å². The molecule has 0 amide bonds. The van der Waals surface area contributed by atoms with Gasteiger partial charge in [0.2, 0.25) is 0 Å². The molecule has 3 nitrogen and oxygen atoms in total. The molecule has 0 aliphatic rings. The Hall–Kier alpha value is -1.64. The Morgan fingerprint density at radius 3 is 1.67 bits per heavy atom. The van der Waals surface area contributed by atoms with Crippen LogP contribution in [0.25, 0.3) is 0 Å². The number of carbonyl (C=O) groups is 2. The number of rotatable bonds is 2. The lowest BCUT2D eigenvalue weighted by atomic mass is 9.86. The highest BCUT2D eigenvalue weighted by molar-refractivity contribution is 6.00. The minimum Gasteiger partial charge on any atom is -0.294 e. The summed E-state index contributed by atoms with van der Waals surface area (Å²) in [6.07, 6.45) is 0. The van der Waals surface area contributed by atoms with Gasteiger partial charge in [-0.05, 0) is 12.1 Å². The van der Waals surface area contributed by atoms with Crippen molar-refractivity contribution < 1.29 is 14.7 Å². The van der Waals surface area contributed by atoms with E-state index >= 15 is 0 Å². The van der Waals surface area contributed by atoms with Gasteiger partial charge in [0, 0.05) is 11.0 Å². The summed E-state index contributed by atoms with van der Waals surface area (Å²) in [6, 6.07) is 5.79. The van der Waals surface area contributed by atoms with Gasteiger partial charge in [-0.25, -0.2) is 9.90 Å². The lowest BCUT2D eigenvalue weighted by molar-refractivity contribution is 0.0572. The van der Waals surface area contributed by atoms with Crippen LogP contribution in [0.5, 0.6) is 0 Å². The maximum absolute atomic E-state index is 11.8. The predicted molar refractivity (Wildman–Crippen MR) is 55.2 cm³/mol. The molecule has 0 aliphatic carbocycles. The van der Waals surface area contributed by atoms with E-state index in [0.717, 1.165) is 0 Å². The predicted octanol–water partition coefficient (Wildman–Crippen LogP) is 2.49. The molecule has 1 aromatic carbocycles. The van der Waals surface area contributed by atoms with Crippen molar-refractivity contribution in [2.24, 2.45) is 5.41 Å².